The topological polar surface area (TPSA) is 115 Å². The Morgan fingerprint density at radius 1 is 0.568 bits per heavy atom. The van der Waals surface area contributed by atoms with Crippen LogP contribution >= 0.6 is 0 Å². The van der Waals surface area contributed by atoms with Crippen LogP contribution in [-0.4, -0.2) is 56.4 Å². The first-order valence-corrected chi connectivity index (χ1v) is 18.5. The average molecular weight is 611 g/mol. The standard InChI is InChI=1S/C38H58O6/c1-34-11-9-25-24(28(34)18-30(42)32(34)43)8-14-38(19-21(39)7-13-36(25,38)3)31-16-22(40)15-20-5-6-23-26(37(20,31)4)10-12-35(2)27(23)17-29(41)33(35)44/h20-31,39-42H,5-19H2,1-4H3/t20?,21?,22?,23-,24-,25-,26-,27+,28+,29?,30?,31?,34+,35+,36-,37+,38?/m1/s1. The molecule has 0 amide bonds. The van der Waals surface area contributed by atoms with Crippen LogP contribution in [0.1, 0.15) is 124 Å². The van der Waals surface area contributed by atoms with Crippen LogP contribution < -0.4 is 0 Å². The van der Waals surface area contributed by atoms with Gasteiger partial charge in [-0.1, -0.05) is 27.7 Å². The Morgan fingerprint density at radius 2 is 1.16 bits per heavy atom. The van der Waals surface area contributed by atoms with Gasteiger partial charge in [-0.3, -0.25) is 9.59 Å². The molecule has 8 rings (SSSR count). The van der Waals surface area contributed by atoms with Gasteiger partial charge in [-0.05, 0) is 160 Å². The molecule has 8 saturated carbocycles. The summed E-state index contributed by atoms with van der Waals surface area (Å²) in [7, 11) is 0. The van der Waals surface area contributed by atoms with Crippen molar-refractivity contribution in [3.8, 4) is 0 Å². The number of carbonyl (C=O) groups excluding carboxylic acids is 2. The summed E-state index contributed by atoms with van der Waals surface area (Å²) in [6, 6.07) is 0. The lowest BCUT2D eigenvalue weighted by atomic mass is 9.32. The molecular formula is C38H58O6. The fraction of sp³-hybridized carbons (Fsp3) is 0.947. The SMILES string of the molecule is C[C@]12C(CC[C@@H]3[C@H]1CC[C@]1(C)C(=O)C(O)C[C@@H]31)CC(O)CC2C12CC[C@@H]3[C@@H](CC[C@]4(C)C(=O)C(O)C[C@@H]34)[C@@]1(C)CCC(O)C2. The number of carbonyl (C=O) groups is 2. The molecule has 8 fully saturated rings. The molecule has 17 atom stereocenters. The van der Waals surface area contributed by atoms with Crippen LogP contribution in [0.4, 0.5) is 0 Å². The summed E-state index contributed by atoms with van der Waals surface area (Å²) in [5, 5.41) is 44.6. The number of Topliss-reactive ketones (excluding diaryl/α,β-unsaturated/α-hetero) is 2. The lowest BCUT2D eigenvalue weighted by Crippen LogP contribution is -2.67. The summed E-state index contributed by atoms with van der Waals surface area (Å²) >= 11 is 0. The third-order valence-corrected chi connectivity index (χ3v) is 17.8. The first-order chi connectivity index (χ1) is 20.7. The smallest absolute Gasteiger partial charge is 0.167 e. The summed E-state index contributed by atoms with van der Waals surface area (Å²) in [5.74, 6) is 3.18. The van der Waals surface area contributed by atoms with E-state index in [1.165, 1.54) is 0 Å². The Balaban J connectivity index is 1.21. The molecule has 6 heteroatoms. The number of ketones is 2. The van der Waals surface area contributed by atoms with Gasteiger partial charge in [-0.2, -0.15) is 0 Å². The van der Waals surface area contributed by atoms with Gasteiger partial charge in [0.05, 0.1) is 12.2 Å². The lowest BCUT2D eigenvalue weighted by molar-refractivity contribution is -0.258. The van der Waals surface area contributed by atoms with Gasteiger partial charge in [0, 0.05) is 10.8 Å². The summed E-state index contributed by atoms with van der Waals surface area (Å²) < 4.78 is 0. The minimum Gasteiger partial charge on any atom is -0.393 e. The molecule has 0 saturated heterocycles. The number of aliphatic hydroxyl groups excluding tert-OH is 4. The molecule has 0 aromatic carbocycles. The fourth-order valence-electron chi connectivity index (χ4n) is 15.8. The Hall–Kier alpha value is -0.820. The van der Waals surface area contributed by atoms with Gasteiger partial charge in [0.1, 0.15) is 12.2 Å². The van der Waals surface area contributed by atoms with E-state index in [2.05, 4.69) is 27.7 Å². The lowest BCUT2D eigenvalue weighted by Gasteiger charge is -2.73. The molecule has 0 heterocycles. The van der Waals surface area contributed by atoms with E-state index in [-0.39, 0.29) is 51.9 Å². The van der Waals surface area contributed by atoms with Gasteiger partial charge in [0.25, 0.3) is 0 Å². The molecule has 0 bridgehead atoms. The average Bonchev–Trinajstić information content (AvgIpc) is 3.36. The summed E-state index contributed by atoms with van der Waals surface area (Å²) in [6.07, 6.45) is 11.3. The normalized spacial score (nSPS) is 61.7. The maximum atomic E-state index is 13.2. The predicted molar refractivity (Wildman–Crippen MR) is 166 cm³/mol. The zero-order valence-electron chi connectivity index (χ0n) is 27.6. The first kappa shape index (κ1) is 30.5. The van der Waals surface area contributed by atoms with Gasteiger partial charge < -0.3 is 20.4 Å². The molecule has 246 valence electrons. The molecule has 7 unspecified atom stereocenters. The zero-order valence-corrected chi connectivity index (χ0v) is 27.6. The van der Waals surface area contributed by atoms with Crippen molar-refractivity contribution in [3.63, 3.8) is 0 Å². The quantitative estimate of drug-likeness (QED) is 0.313. The van der Waals surface area contributed by atoms with Crippen molar-refractivity contribution in [2.75, 3.05) is 0 Å². The van der Waals surface area contributed by atoms with Crippen LogP contribution in [0.25, 0.3) is 0 Å². The van der Waals surface area contributed by atoms with Crippen molar-refractivity contribution in [1.29, 1.82) is 0 Å². The number of hydrogen-bond acceptors (Lipinski definition) is 6. The molecule has 8 aliphatic carbocycles. The van der Waals surface area contributed by atoms with Crippen LogP contribution in [0.15, 0.2) is 0 Å². The zero-order chi connectivity index (χ0) is 31.2. The van der Waals surface area contributed by atoms with Crippen molar-refractivity contribution >= 4 is 11.6 Å². The van der Waals surface area contributed by atoms with Gasteiger partial charge in [0.15, 0.2) is 11.6 Å². The number of rotatable bonds is 1. The summed E-state index contributed by atoms with van der Waals surface area (Å²) in [4.78, 5) is 26.5. The maximum Gasteiger partial charge on any atom is 0.167 e. The van der Waals surface area contributed by atoms with Crippen molar-refractivity contribution in [1.82, 2.24) is 0 Å². The first-order valence-electron chi connectivity index (χ1n) is 18.5. The number of aliphatic hydroxyl groups is 4. The van der Waals surface area contributed by atoms with Crippen LogP contribution in [0.3, 0.4) is 0 Å². The molecule has 0 aromatic heterocycles. The largest absolute Gasteiger partial charge is 0.393 e. The van der Waals surface area contributed by atoms with Crippen LogP contribution in [0.5, 0.6) is 0 Å². The Kier molecular flexibility index (Phi) is 6.68. The second kappa shape index (κ2) is 9.63. The maximum absolute atomic E-state index is 13.2. The van der Waals surface area contributed by atoms with Gasteiger partial charge in [-0.15, -0.1) is 0 Å². The molecule has 6 nitrogen and oxygen atoms in total. The third-order valence-electron chi connectivity index (χ3n) is 17.8. The molecule has 0 aliphatic heterocycles. The van der Waals surface area contributed by atoms with Crippen molar-refractivity contribution in [2.24, 2.45) is 74.4 Å². The molecule has 0 aromatic rings. The fourth-order valence-corrected chi connectivity index (χ4v) is 15.8. The monoisotopic (exact) mass is 610 g/mol. The van der Waals surface area contributed by atoms with E-state index in [4.69, 9.17) is 0 Å². The van der Waals surface area contributed by atoms with E-state index >= 15 is 0 Å². The Labute approximate surface area is 264 Å². The highest BCUT2D eigenvalue weighted by Gasteiger charge is 2.72. The Bertz CT molecular complexity index is 1230. The van der Waals surface area contributed by atoms with E-state index in [9.17, 15) is 30.0 Å². The number of fused-ring (bicyclic) bond motifs is 10. The van der Waals surface area contributed by atoms with Gasteiger partial charge >= 0.3 is 0 Å². The minimum atomic E-state index is -0.818. The van der Waals surface area contributed by atoms with E-state index in [0.29, 0.717) is 48.3 Å². The van der Waals surface area contributed by atoms with Gasteiger partial charge in [-0.25, -0.2) is 0 Å². The Morgan fingerprint density at radius 3 is 1.80 bits per heavy atom. The molecule has 4 N–H and O–H groups in total. The van der Waals surface area contributed by atoms with Crippen molar-refractivity contribution in [2.45, 2.75) is 148 Å². The van der Waals surface area contributed by atoms with Crippen LogP contribution in [0.2, 0.25) is 0 Å². The second-order valence-corrected chi connectivity index (χ2v) is 18.7. The molecule has 0 radical (unpaired) electrons. The van der Waals surface area contributed by atoms with E-state index < -0.39 is 23.0 Å². The predicted octanol–water partition coefficient (Wildman–Crippen LogP) is 5.47. The van der Waals surface area contributed by atoms with Crippen molar-refractivity contribution < 1.29 is 30.0 Å². The molecule has 0 spiro atoms. The second-order valence-electron chi connectivity index (χ2n) is 18.7. The molecule has 8 aliphatic rings. The highest BCUT2D eigenvalue weighted by Crippen LogP contribution is 2.77. The summed E-state index contributed by atoms with van der Waals surface area (Å²) in [5.41, 5.74) is -0.857. The highest BCUT2D eigenvalue weighted by atomic mass is 16.3. The highest BCUT2D eigenvalue weighted by molar-refractivity contribution is 5.91. The minimum absolute atomic E-state index is 0.0119. The van der Waals surface area contributed by atoms with Crippen LogP contribution in [0, 0.1) is 74.4 Å². The summed E-state index contributed by atoms with van der Waals surface area (Å²) in [6.45, 7) is 9.40. The third kappa shape index (κ3) is 3.58. The van der Waals surface area contributed by atoms with E-state index in [1.54, 1.807) is 0 Å². The number of hydrogen-bond donors (Lipinski definition) is 4. The van der Waals surface area contributed by atoms with Crippen molar-refractivity contribution in [3.05, 3.63) is 0 Å². The van der Waals surface area contributed by atoms with Gasteiger partial charge in [0.2, 0.25) is 0 Å². The van der Waals surface area contributed by atoms with E-state index in [0.717, 1.165) is 83.5 Å². The van der Waals surface area contributed by atoms with E-state index in [1.807, 2.05) is 0 Å². The molecule has 44 heavy (non-hydrogen) atoms. The molecular weight excluding hydrogens is 552 g/mol. The van der Waals surface area contributed by atoms with Crippen LogP contribution in [-0.2, 0) is 9.59 Å².